The maximum Gasteiger partial charge on any atom is 0.0928 e. The first-order chi connectivity index (χ1) is 8.83. The van der Waals surface area contributed by atoms with Gasteiger partial charge in [-0.25, -0.2) is 0 Å². The molecule has 3 rings (SSSR count). The normalized spacial score (nSPS) is 11.4. The van der Waals surface area contributed by atoms with Crippen LogP contribution >= 0.6 is 22.6 Å². The number of rotatable bonds is 2. The summed E-state index contributed by atoms with van der Waals surface area (Å²) in [5.41, 5.74) is 2.92. The number of hydrogen-bond acceptors (Lipinski definition) is 2. The number of nitrogens with one attached hydrogen (secondary N) is 1. The van der Waals surface area contributed by atoms with Crippen molar-refractivity contribution in [1.29, 1.82) is 0 Å². The summed E-state index contributed by atoms with van der Waals surface area (Å²) in [6.07, 6.45) is 5.73. The minimum Gasteiger partial charge on any atom is -0.277 e. The fourth-order valence-electron chi connectivity index (χ4n) is 1.78. The van der Waals surface area contributed by atoms with Crippen molar-refractivity contribution in [2.45, 2.75) is 0 Å². The molecule has 2 aromatic heterocycles. The Bertz CT molecular complexity index is 701. The molecule has 3 aromatic rings. The molecule has 0 spiro atoms. The van der Waals surface area contributed by atoms with Crippen LogP contribution in [0.1, 0.15) is 11.4 Å². The second-order valence-electron chi connectivity index (χ2n) is 3.89. The van der Waals surface area contributed by atoms with E-state index in [1.165, 1.54) is 3.57 Å². The van der Waals surface area contributed by atoms with Gasteiger partial charge in [-0.05, 0) is 65.1 Å². The second-order valence-corrected chi connectivity index (χ2v) is 5.13. The average Bonchev–Trinajstić information content (AvgIpc) is 2.80. The molecule has 0 fully saturated rings. The van der Waals surface area contributed by atoms with Crippen LogP contribution < -0.4 is 0 Å². The van der Waals surface area contributed by atoms with E-state index in [9.17, 15) is 0 Å². The highest BCUT2D eigenvalue weighted by molar-refractivity contribution is 14.1. The Kier molecular flexibility index (Phi) is 3.10. The maximum absolute atomic E-state index is 4.31. The first-order valence-electron chi connectivity index (χ1n) is 5.56. The molecule has 1 N–H and O–H groups in total. The molecule has 88 valence electrons. The van der Waals surface area contributed by atoms with Crippen LogP contribution in [0.5, 0.6) is 0 Å². The molecule has 0 radical (unpaired) electrons. The zero-order chi connectivity index (χ0) is 12.4. The van der Waals surface area contributed by atoms with E-state index in [0.717, 1.165) is 22.3 Å². The molecule has 2 heterocycles. The van der Waals surface area contributed by atoms with Crippen molar-refractivity contribution in [2.75, 3.05) is 0 Å². The van der Waals surface area contributed by atoms with Crippen LogP contribution in [-0.2, 0) is 0 Å². The lowest BCUT2D eigenvalue weighted by molar-refractivity contribution is 1.11. The van der Waals surface area contributed by atoms with Crippen molar-refractivity contribution in [3.63, 3.8) is 0 Å². The van der Waals surface area contributed by atoms with Crippen molar-refractivity contribution in [1.82, 2.24) is 15.2 Å². The fraction of sp³-hybridized carbons (Fsp3) is 0. The van der Waals surface area contributed by atoms with Crippen molar-refractivity contribution >= 4 is 45.6 Å². The van der Waals surface area contributed by atoms with Gasteiger partial charge in [0.05, 0.1) is 16.9 Å². The fourth-order valence-corrected chi connectivity index (χ4v) is 2.27. The molecule has 1 aromatic carbocycles. The zero-order valence-electron chi connectivity index (χ0n) is 9.47. The first kappa shape index (κ1) is 11.4. The van der Waals surface area contributed by atoms with Gasteiger partial charge in [0.25, 0.3) is 0 Å². The summed E-state index contributed by atoms with van der Waals surface area (Å²) in [4.78, 5) is 4.25. The third-order valence-corrected chi connectivity index (χ3v) is 3.33. The van der Waals surface area contributed by atoms with Gasteiger partial charge in [-0.15, -0.1) is 0 Å². The van der Waals surface area contributed by atoms with Gasteiger partial charge in [-0.1, -0.05) is 6.07 Å². The first-order valence-corrected chi connectivity index (χ1v) is 6.63. The predicted octanol–water partition coefficient (Wildman–Crippen LogP) is 3.73. The number of benzene rings is 1. The van der Waals surface area contributed by atoms with E-state index >= 15 is 0 Å². The largest absolute Gasteiger partial charge is 0.277 e. The van der Waals surface area contributed by atoms with Gasteiger partial charge in [0.15, 0.2) is 0 Å². The van der Waals surface area contributed by atoms with Crippen LogP contribution in [0.3, 0.4) is 0 Å². The molecule has 0 bridgehead atoms. The highest BCUT2D eigenvalue weighted by Crippen LogP contribution is 2.20. The summed E-state index contributed by atoms with van der Waals surface area (Å²) >= 11 is 2.29. The quantitative estimate of drug-likeness (QED) is 0.718. The smallest absolute Gasteiger partial charge is 0.0928 e. The number of aromatic nitrogens is 3. The van der Waals surface area contributed by atoms with Gasteiger partial charge in [-0.3, -0.25) is 10.1 Å². The van der Waals surface area contributed by atoms with Gasteiger partial charge in [-0.2, -0.15) is 5.10 Å². The van der Waals surface area contributed by atoms with E-state index < -0.39 is 0 Å². The van der Waals surface area contributed by atoms with E-state index in [1.807, 2.05) is 30.4 Å². The molecule has 0 amide bonds. The number of pyridine rings is 1. The third kappa shape index (κ3) is 2.28. The van der Waals surface area contributed by atoms with Crippen LogP contribution in [0.25, 0.3) is 23.1 Å². The third-order valence-electron chi connectivity index (χ3n) is 2.65. The number of fused-ring (bicyclic) bond motifs is 1. The predicted molar refractivity (Wildman–Crippen MR) is 82.0 cm³/mol. The van der Waals surface area contributed by atoms with Crippen LogP contribution in [0.15, 0.2) is 42.6 Å². The lowest BCUT2D eigenvalue weighted by atomic mass is 10.2. The monoisotopic (exact) mass is 347 g/mol. The summed E-state index contributed by atoms with van der Waals surface area (Å²) in [6.45, 7) is 0. The van der Waals surface area contributed by atoms with Gasteiger partial charge in [0.1, 0.15) is 0 Å². The number of hydrogen-bond donors (Lipinski definition) is 1. The maximum atomic E-state index is 4.31. The minimum absolute atomic E-state index is 0.930. The summed E-state index contributed by atoms with van der Waals surface area (Å²) in [5.74, 6) is 0. The highest BCUT2D eigenvalue weighted by atomic mass is 127. The van der Waals surface area contributed by atoms with Crippen molar-refractivity contribution in [3.05, 3.63) is 57.6 Å². The summed E-state index contributed by atoms with van der Waals surface area (Å²) in [5, 5.41) is 8.47. The lowest BCUT2D eigenvalue weighted by Gasteiger charge is -1.92. The van der Waals surface area contributed by atoms with E-state index in [1.54, 1.807) is 6.20 Å². The highest BCUT2D eigenvalue weighted by Gasteiger charge is 2.02. The van der Waals surface area contributed by atoms with Crippen molar-refractivity contribution in [2.24, 2.45) is 0 Å². The molecule has 0 aliphatic heterocycles. The Morgan fingerprint density at radius 1 is 1.11 bits per heavy atom. The van der Waals surface area contributed by atoms with Gasteiger partial charge >= 0.3 is 0 Å². The van der Waals surface area contributed by atoms with E-state index in [2.05, 4.69) is 56.0 Å². The molecule has 0 saturated carbocycles. The summed E-state index contributed by atoms with van der Waals surface area (Å²) in [6, 6.07) is 12.1. The molecule has 0 aliphatic rings. The number of nitrogens with zero attached hydrogens (tertiary/aromatic N) is 2. The Hall–Kier alpha value is -1.69. The summed E-state index contributed by atoms with van der Waals surface area (Å²) < 4.78 is 1.20. The molecule has 3 nitrogen and oxygen atoms in total. The molecule has 0 atom stereocenters. The number of H-pyrrole nitrogens is 1. The van der Waals surface area contributed by atoms with E-state index in [0.29, 0.717) is 0 Å². The SMILES string of the molecule is Ic1ccc2c(/C=C/c3ccccn3)n[nH]c2c1. The standard InChI is InChI=1S/C14H10IN3/c15-10-4-6-12-13(17-18-14(12)9-10)7-5-11-3-1-2-8-16-11/h1-9H,(H,17,18)/b7-5+. The minimum atomic E-state index is 0.930. The van der Waals surface area contributed by atoms with E-state index in [4.69, 9.17) is 0 Å². The molecular weight excluding hydrogens is 337 g/mol. The Balaban J connectivity index is 1.98. The average molecular weight is 347 g/mol. The molecular formula is C14H10IN3. The summed E-state index contributed by atoms with van der Waals surface area (Å²) in [7, 11) is 0. The van der Waals surface area contributed by atoms with Gasteiger partial charge in [0.2, 0.25) is 0 Å². The lowest BCUT2D eigenvalue weighted by Crippen LogP contribution is -1.77. The van der Waals surface area contributed by atoms with E-state index in [-0.39, 0.29) is 0 Å². The molecule has 0 aliphatic carbocycles. The molecule has 18 heavy (non-hydrogen) atoms. The van der Waals surface area contributed by atoms with Gasteiger partial charge < -0.3 is 0 Å². The Labute approximate surface area is 118 Å². The number of aromatic amines is 1. The Morgan fingerprint density at radius 3 is 2.89 bits per heavy atom. The van der Waals surface area contributed by atoms with Crippen molar-refractivity contribution < 1.29 is 0 Å². The van der Waals surface area contributed by atoms with Crippen LogP contribution in [0.2, 0.25) is 0 Å². The topological polar surface area (TPSA) is 41.6 Å². The van der Waals surface area contributed by atoms with Crippen LogP contribution in [0.4, 0.5) is 0 Å². The van der Waals surface area contributed by atoms with Crippen LogP contribution in [-0.4, -0.2) is 15.2 Å². The Morgan fingerprint density at radius 2 is 2.06 bits per heavy atom. The molecule has 4 heteroatoms. The van der Waals surface area contributed by atoms with Crippen molar-refractivity contribution in [3.8, 4) is 0 Å². The molecule has 0 unspecified atom stereocenters. The van der Waals surface area contributed by atoms with Crippen LogP contribution in [0, 0.1) is 3.57 Å². The number of halogens is 1. The van der Waals surface area contributed by atoms with Gasteiger partial charge in [0, 0.05) is 15.2 Å². The molecule has 0 saturated heterocycles. The zero-order valence-corrected chi connectivity index (χ0v) is 11.6. The second kappa shape index (κ2) is 4.89.